The molecule has 0 bridgehead atoms. The number of morpholine rings is 1. The van der Waals surface area contributed by atoms with Crippen molar-refractivity contribution in [1.82, 2.24) is 9.80 Å². The van der Waals surface area contributed by atoms with Gasteiger partial charge < -0.3 is 14.4 Å². The van der Waals surface area contributed by atoms with Crippen LogP contribution in [0.5, 0.6) is 5.75 Å². The fourth-order valence-corrected chi connectivity index (χ4v) is 3.73. The first-order valence-corrected chi connectivity index (χ1v) is 10.9. The number of likely N-dealkylation sites (tertiary alicyclic amines) is 1. The number of amides is 1. The van der Waals surface area contributed by atoms with Gasteiger partial charge in [0.05, 0.1) is 13.2 Å². The number of benzene rings is 2. The maximum absolute atomic E-state index is 11.6. The largest absolute Gasteiger partial charge is 0.492 e. The van der Waals surface area contributed by atoms with Gasteiger partial charge in [0.25, 0.3) is 0 Å². The van der Waals surface area contributed by atoms with Crippen molar-refractivity contribution in [2.45, 2.75) is 19.8 Å². The molecule has 2 saturated heterocycles. The molecule has 0 N–H and O–H groups in total. The Balaban J connectivity index is 0.000000172. The monoisotopic (exact) mass is 410 g/mol. The van der Waals surface area contributed by atoms with Crippen LogP contribution in [0.4, 0.5) is 0 Å². The lowest BCUT2D eigenvalue weighted by atomic mass is 9.98. The first kappa shape index (κ1) is 22.3. The quantitative estimate of drug-likeness (QED) is 0.732. The van der Waals surface area contributed by atoms with Crippen LogP contribution >= 0.6 is 0 Å². The van der Waals surface area contributed by atoms with Crippen LogP contribution in [0, 0.1) is 12.8 Å². The average Bonchev–Trinajstić information content (AvgIpc) is 3.09. The molecule has 2 heterocycles. The third-order valence-corrected chi connectivity index (χ3v) is 5.66. The smallest absolute Gasteiger partial charge is 0.225 e. The van der Waals surface area contributed by atoms with Crippen LogP contribution in [0.25, 0.3) is 0 Å². The first-order chi connectivity index (χ1) is 14.6. The number of ether oxygens (including phenoxy) is 2. The van der Waals surface area contributed by atoms with Gasteiger partial charge in [0.15, 0.2) is 0 Å². The molecule has 1 amide bonds. The molecule has 30 heavy (non-hydrogen) atoms. The minimum atomic E-state index is 0.211. The molecule has 0 saturated carbocycles. The fourth-order valence-electron chi connectivity index (χ4n) is 3.73. The van der Waals surface area contributed by atoms with E-state index in [1.54, 1.807) is 0 Å². The van der Waals surface area contributed by atoms with Crippen molar-refractivity contribution in [2.75, 3.05) is 53.0 Å². The molecule has 2 aliphatic heterocycles. The average molecular weight is 411 g/mol. The SMILES string of the molecule is CN1CCC(Cc2ccccc2)C1=O.Cc1ccc(OCCN2CCOCC2)cc1. The molecule has 162 valence electrons. The van der Waals surface area contributed by atoms with E-state index in [2.05, 4.69) is 36.1 Å². The van der Waals surface area contributed by atoms with Crippen LogP contribution in [-0.4, -0.2) is 68.8 Å². The second kappa shape index (κ2) is 11.7. The minimum absolute atomic E-state index is 0.211. The lowest BCUT2D eigenvalue weighted by Gasteiger charge is -2.26. The Hall–Kier alpha value is -2.37. The van der Waals surface area contributed by atoms with Gasteiger partial charge in [-0.1, -0.05) is 48.0 Å². The van der Waals surface area contributed by atoms with Crippen LogP contribution in [0.15, 0.2) is 54.6 Å². The van der Waals surface area contributed by atoms with Gasteiger partial charge >= 0.3 is 0 Å². The molecule has 0 spiro atoms. The highest BCUT2D eigenvalue weighted by molar-refractivity contribution is 5.80. The van der Waals surface area contributed by atoms with Crippen molar-refractivity contribution in [3.8, 4) is 5.75 Å². The van der Waals surface area contributed by atoms with Crippen LogP contribution in [0.1, 0.15) is 17.5 Å². The maximum atomic E-state index is 11.6. The number of rotatable bonds is 6. The normalized spacial score (nSPS) is 19.3. The fraction of sp³-hybridized carbons (Fsp3) is 0.480. The summed E-state index contributed by atoms with van der Waals surface area (Å²) in [5, 5.41) is 0. The Morgan fingerprint density at radius 3 is 2.33 bits per heavy atom. The molecule has 0 aliphatic carbocycles. The molecule has 0 aromatic heterocycles. The lowest BCUT2D eigenvalue weighted by molar-refractivity contribution is -0.129. The van der Waals surface area contributed by atoms with E-state index in [4.69, 9.17) is 9.47 Å². The number of hydrogen-bond acceptors (Lipinski definition) is 4. The standard InChI is InChI=1S/C13H19NO2.C12H15NO/c1-12-2-4-13(5-3-12)16-11-8-14-6-9-15-10-7-14;1-13-8-7-11(12(13)14)9-10-5-3-2-4-6-10/h2-5H,6-11H2,1H3;2-6,11H,7-9H2,1H3. The zero-order valence-corrected chi connectivity index (χ0v) is 18.3. The van der Waals surface area contributed by atoms with Gasteiger partial charge in [0, 0.05) is 39.1 Å². The zero-order chi connectivity index (χ0) is 21.2. The number of carbonyl (C=O) groups excluding carboxylic acids is 1. The third-order valence-electron chi connectivity index (χ3n) is 5.66. The molecule has 2 aromatic carbocycles. The summed E-state index contributed by atoms with van der Waals surface area (Å²) in [5.41, 5.74) is 2.53. The van der Waals surface area contributed by atoms with Crippen molar-refractivity contribution in [2.24, 2.45) is 5.92 Å². The lowest BCUT2D eigenvalue weighted by Crippen LogP contribution is -2.38. The van der Waals surface area contributed by atoms with E-state index in [1.807, 2.05) is 42.3 Å². The Morgan fingerprint density at radius 2 is 1.70 bits per heavy atom. The van der Waals surface area contributed by atoms with Gasteiger partial charge in [0.2, 0.25) is 5.91 Å². The Kier molecular flexibility index (Phi) is 8.72. The zero-order valence-electron chi connectivity index (χ0n) is 18.3. The summed E-state index contributed by atoms with van der Waals surface area (Å²) in [7, 11) is 1.88. The highest BCUT2D eigenvalue weighted by atomic mass is 16.5. The van der Waals surface area contributed by atoms with E-state index < -0.39 is 0 Å². The van der Waals surface area contributed by atoms with Crippen LogP contribution in [0.2, 0.25) is 0 Å². The molecule has 2 aliphatic rings. The molecule has 1 unspecified atom stereocenters. The molecule has 5 nitrogen and oxygen atoms in total. The Morgan fingerprint density at radius 1 is 1.00 bits per heavy atom. The predicted molar refractivity (Wildman–Crippen MR) is 120 cm³/mol. The number of aryl methyl sites for hydroxylation is 1. The van der Waals surface area contributed by atoms with Crippen LogP contribution < -0.4 is 4.74 Å². The molecular formula is C25H34N2O3. The Bertz CT molecular complexity index is 758. The van der Waals surface area contributed by atoms with Gasteiger partial charge in [-0.2, -0.15) is 0 Å². The van der Waals surface area contributed by atoms with E-state index in [0.29, 0.717) is 5.91 Å². The van der Waals surface area contributed by atoms with Gasteiger partial charge in [-0.25, -0.2) is 0 Å². The highest BCUT2D eigenvalue weighted by Crippen LogP contribution is 2.20. The van der Waals surface area contributed by atoms with Crippen molar-refractivity contribution in [3.63, 3.8) is 0 Å². The summed E-state index contributed by atoms with van der Waals surface area (Å²) in [5.74, 6) is 1.47. The predicted octanol–water partition coefficient (Wildman–Crippen LogP) is 3.41. The van der Waals surface area contributed by atoms with Crippen LogP contribution in [-0.2, 0) is 16.0 Å². The molecule has 0 radical (unpaired) electrons. The summed E-state index contributed by atoms with van der Waals surface area (Å²) >= 11 is 0. The Labute approximate surface area is 180 Å². The van der Waals surface area contributed by atoms with Gasteiger partial charge in [0.1, 0.15) is 12.4 Å². The van der Waals surface area contributed by atoms with Crippen LogP contribution in [0.3, 0.4) is 0 Å². The third kappa shape index (κ3) is 7.15. The van der Waals surface area contributed by atoms with Crippen molar-refractivity contribution >= 4 is 5.91 Å². The number of carbonyl (C=O) groups is 1. The summed E-state index contributed by atoms with van der Waals surface area (Å²) in [6.45, 7) is 8.48. The van der Waals surface area contributed by atoms with E-state index in [-0.39, 0.29) is 5.92 Å². The van der Waals surface area contributed by atoms with Crippen molar-refractivity contribution in [1.29, 1.82) is 0 Å². The van der Waals surface area contributed by atoms with Crippen molar-refractivity contribution < 1.29 is 14.3 Å². The van der Waals surface area contributed by atoms with E-state index in [1.165, 1.54) is 11.1 Å². The molecule has 2 aromatic rings. The second-order valence-corrected chi connectivity index (χ2v) is 8.05. The van der Waals surface area contributed by atoms with Gasteiger partial charge in [-0.05, 0) is 37.5 Å². The highest BCUT2D eigenvalue weighted by Gasteiger charge is 2.28. The van der Waals surface area contributed by atoms with E-state index in [9.17, 15) is 4.79 Å². The minimum Gasteiger partial charge on any atom is -0.492 e. The summed E-state index contributed by atoms with van der Waals surface area (Å²) in [4.78, 5) is 15.8. The van der Waals surface area contributed by atoms with Crippen molar-refractivity contribution in [3.05, 3.63) is 65.7 Å². The number of hydrogen-bond donors (Lipinski definition) is 0. The maximum Gasteiger partial charge on any atom is 0.225 e. The van der Waals surface area contributed by atoms with Gasteiger partial charge in [-0.15, -0.1) is 0 Å². The van der Waals surface area contributed by atoms with Gasteiger partial charge in [-0.3, -0.25) is 9.69 Å². The molecule has 5 heteroatoms. The molecule has 1 atom stereocenters. The number of nitrogens with zero attached hydrogens (tertiary/aromatic N) is 2. The first-order valence-electron chi connectivity index (χ1n) is 10.9. The second-order valence-electron chi connectivity index (χ2n) is 8.05. The summed E-state index contributed by atoms with van der Waals surface area (Å²) in [6.07, 6.45) is 1.90. The molecular weight excluding hydrogens is 376 g/mol. The summed E-state index contributed by atoms with van der Waals surface area (Å²) < 4.78 is 11.0. The molecule has 4 rings (SSSR count). The topological polar surface area (TPSA) is 42.0 Å². The van der Waals surface area contributed by atoms with E-state index in [0.717, 1.165) is 64.6 Å². The summed E-state index contributed by atoms with van der Waals surface area (Å²) in [6, 6.07) is 18.4. The molecule has 2 fully saturated rings. The van der Waals surface area contributed by atoms with E-state index >= 15 is 0 Å².